The molecule has 1 amide bonds. The van der Waals surface area contributed by atoms with E-state index in [1.165, 1.54) is 244 Å². The normalized spacial score (nSPS) is 18.8. The maximum Gasteiger partial charge on any atom is 0.220 e. The van der Waals surface area contributed by atoms with Gasteiger partial charge in [-0.05, 0) is 57.8 Å². The highest BCUT2D eigenvalue weighted by Crippen LogP contribution is 2.23. The van der Waals surface area contributed by atoms with E-state index in [1.54, 1.807) is 6.08 Å². The molecule has 0 aromatic heterocycles. The van der Waals surface area contributed by atoms with Gasteiger partial charge in [0.1, 0.15) is 24.4 Å². The first kappa shape index (κ1) is 75.9. The summed E-state index contributed by atoms with van der Waals surface area (Å²) >= 11 is 0. The van der Waals surface area contributed by atoms with Crippen LogP contribution < -0.4 is 5.32 Å². The predicted molar refractivity (Wildman–Crippen MR) is 341 cm³/mol. The Bertz CT molecular complexity index is 1450. The quantitative estimate of drug-likeness (QED) is 0.0261. The molecule has 80 heavy (non-hydrogen) atoms. The number of rotatable bonds is 60. The zero-order valence-electron chi connectivity index (χ0n) is 52.3. The van der Waals surface area contributed by atoms with Crippen LogP contribution in [0.2, 0.25) is 0 Å². The lowest BCUT2D eigenvalue weighted by molar-refractivity contribution is -0.302. The molecule has 1 rings (SSSR count). The van der Waals surface area contributed by atoms with Crippen LogP contribution in [0.1, 0.15) is 328 Å². The monoisotopic (exact) mass is 1130 g/mol. The predicted octanol–water partition coefficient (Wildman–Crippen LogP) is 18.6. The van der Waals surface area contributed by atoms with Crippen LogP contribution in [0.15, 0.2) is 60.8 Å². The molecule has 0 bridgehead atoms. The minimum Gasteiger partial charge on any atom is -0.394 e. The number of hydrogen-bond donors (Lipinski definition) is 6. The molecule has 0 radical (unpaired) electrons. The molecule has 1 aliphatic rings. The van der Waals surface area contributed by atoms with Crippen LogP contribution in [0.4, 0.5) is 0 Å². The maximum absolute atomic E-state index is 13.1. The average Bonchev–Trinajstić information content (AvgIpc) is 3.46. The summed E-state index contributed by atoms with van der Waals surface area (Å²) in [7, 11) is 0. The number of aliphatic hydroxyl groups is 5. The van der Waals surface area contributed by atoms with E-state index in [9.17, 15) is 30.3 Å². The zero-order valence-corrected chi connectivity index (χ0v) is 52.3. The molecule has 6 N–H and O–H groups in total. The number of hydrogen-bond acceptors (Lipinski definition) is 8. The van der Waals surface area contributed by atoms with Crippen LogP contribution in [-0.2, 0) is 14.3 Å². The van der Waals surface area contributed by atoms with E-state index in [4.69, 9.17) is 9.47 Å². The Morgan fingerprint density at radius 1 is 0.438 bits per heavy atom. The number of ether oxygens (including phenoxy) is 2. The van der Waals surface area contributed by atoms with Crippen molar-refractivity contribution in [1.29, 1.82) is 0 Å². The van der Waals surface area contributed by atoms with E-state index in [-0.39, 0.29) is 12.5 Å². The molecule has 0 aliphatic carbocycles. The first-order valence-corrected chi connectivity index (χ1v) is 34.5. The molecule has 9 nitrogen and oxygen atoms in total. The number of aliphatic hydroxyl groups excluding tert-OH is 5. The number of carbonyl (C=O) groups excluding carboxylic acids is 1. The summed E-state index contributed by atoms with van der Waals surface area (Å²) in [5.74, 6) is -0.177. The van der Waals surface area contributed by atoms with Crippen molar-refractivity contribution >= 4 is 5.91 Å². The lowest BCUT2D eigenvalue weighted by atomic mass is 9.99. The summed E-state index contributed by atoms with van der Waals surface area (Å²) in [6, 6.07) is -0.810. The van der Waals surface area contributed by atoms with Gasteiger partial charge in [-0.25, -0.2) is 0 Å². The summed E-state index contributed by atoms with van der Waals surface area (Å²) in [5.41, 5.74) is 0. The molecule has 1 heterocycles. The Labute approximate surface area is 494 Å². The standard InChI is InChI=1S/C71H131NO8/c1-3-5-7-9-11-13-15-17-19-21-23-25-27-29-30-31-32-33-34-35-37-38-40-42-44-46-48-50-52-54-56-58-60-65(74)64(63-79-71-70(78)69(77)68(76)66(62-73)80-71)72-67(75)61-59-57-55-53-51-49-47-45-43-41-39-36-28-26-24-22-20-18-16-14-12-10-8-6-4-2/h6,8,12,14,18,20,24,26,58,60,64-66,68-71,73-74,76-78H,3-5,7,9-11,13,15-17,19,21-23,25,27-57,59,61-63H2,1-2H3,(H,72,75)/b8-6-,14-12-,20-18-,26-24-,60-58+. The van der Waals surface area contributed by atoms with Gasteiger partial charge in [0.15, 0.2) is 6.29 Å². The average molecular weight is 1130 g/mol. The van der Waals surface area contributed by atoms with E-state index >= 15 is 0 Å². The summed E-state index contributed by atoms with van der Waals surface area (Å²) < 4.78 is 11.3. The largest absolute Gasteiger partial charge is 0.394 e. The van der Waals surface area contributed by atoms with Crippen molar-refractivity contribution < 1.29 is 39.8 Å². The summed E-state index contributed by atoms with van der Waals surface area (Å²) in [6.45, 7) is 3.71. The molecule has 0 aromatic rings. The molecular formula is C71H131NO8. The first-order chi connectivity index (χ1) is 39.3. The van der Waals surface area contributed by atoms with Gasteiger partial charge in [-0.15, -0.1) is 0 Å². The molecule has 9 heteroatoms. The van der Waals surface area contributed by atoms with Crippen molar-refractivity contribution in [3.63, 3.8) is 0 Å². The van der Waals surface area contributed by atoms with Crippen molar-refractivity contribution in [2.75, 3.05) is 13.2 Å². The third-order valence-electron chi connectivity index (χ3n) is 16.3. The van der Waals surface area contributed by atoms with Crippen molar-refractivity contribution in [3.05, 3.63) is 60.8 Å². The first-order valence-electron chi connectivity index (χ1n) is 34.5. The molecule has 468 valence electrons. The van der Waals surface area contributed by atoms with Crippen molar-refractivity contribution in [2.24, 2.45) is 0 Å². The van der Waals surface area contributed by atoms with Gasteiger partial charge in [-0.3, -0.25) is 4.79 Å². The Morgan fingerprint density at radius 2 is 0.775 bits per heavy atom. The van der Waals surface area contributed by atoms with Gasteiger partial charge in [0.2, 0.25) is 5.91 Å². The van der Waals surface area contributed by atoms with Crippen LogP contribution in [0.5, 0.6) is 0 Å². The second kappa shape index (κ2) is 60.0. The molecule has 7 unspecified atom stereocenters. The molecule has 0 spiro atoms. The van der Waals surface area contributed by atoms with E-state index in [0.717, 1.165) is 64.2 Å². The summed E-state index contributed by atoms with van der Waals surface area (Å²) in [6.07, 6.45) is 76.1. The van der Waals surface area contributed by atoms with Gasteiger partial charge in [-0.1, -0.05) is 325 Å². The van der Waals surface area contributed by atoms with E-state index < -0.39 is 49.5 Å². The van der Waals surface area contributed by atoms with Crippen LogP contribution in [-0.4, -0.2) is 87.5 Å². The third-order valence-corrected chi connectivity index (χ3v) is 16.3. The van der Waals surface area contributed by atoms with Crippen LogP contribution in [0.25, 0.3) is 0 Å². The molecule has 7 atom stereocenters. The van der Waals surface area contributed by atoms with Crippen LogP contribution in [0.3, 0.4) is 0 Å². The maximum atomic E-state index is 13.1. The SMILES string of the molecule is CC/C=C\C/C=C\C/C=C\C/C=C\CCCCCCCCCCCCCCC(=O)NC(COC1OC(CO)C(O)C(O)C1O)C(O)/C=C/CCCCCCCCCCCCCCCCCCCCCCCCCCCCCCCC. The Morgan fingerprint density at radius 3 is 1.15 bits per heavy atom. The van der Waals surface area contributed by atoms with E-state index in [0.29, 0.717) is 6.42 Å². The van der Waals surface area contributed by atoms with Gasteiger partial charge < -0.3 is 40.3 Å². The van der Waals surface area contributed by atoms with Gasteiger partial charge in [0.25, 0.3) is 0 Å². The number of unbranched alkanes of at least 4 members (excludes halogenated alkanes) is 42. The number of allylic oxidation sites excluding steroid dienone is 9. The molecule has 0 saturated carbocycles. The van der Waals surface area contributed by atoms with E-state index in [1.807, 2.05) is 6.08 Å². The minimum absolute atomic E-state index is 0.177. The van der Waals surface area contributed by atoms with Gasteiger partial charge >= 0.3 is 0 Å². The topological polar surface area (TPSA) is 149 Å². The van der Waals surface area contributed by atoms with Crippen molar-refractivity contribution in [3.8, 4) is 0 Å². The number of nitrogens with one attached hydrogen (secondary N) is 1. The van der Waals surface area contributed by atoms with Crippen LogP contribution in [0, 0.1) is 0 Å². The number of amides is 1. The second-order valence-corrected chi connectivity index (χ2v) is 23.9. The third kappa shape index (κ3) is 48.3. The van der Waals surface area contributed by atoms with Crippen LogP contribution >= 0.6 is 0 Å². The Hall–Kier alpha value is -2.11. The minimum atomic E-state index is -1.57. The van der Waals surface area contributed by atoms with Gasteiger partial charge in [0.05, 0.1) is 25.4 Å². The van der Waals surface area contributed by atoms with Gasteiger partial charge in [0, 0.05) is 6.42 Å². The highest BCUT2D eigenvalue weighted by atomic mass is 16.7. The van der Waals surface area contributed by atoms with Crippen molar-refractivity contribution in [1.82, 2.24) is 5.32 Å². The molecule has 1 fully saturated rings. The lowest BCUT2D eigenvalue weighted by Crippen LogP contribution is -2.60. The smallest absolute Gasteiger partial charge is 0.220 e. The fraction of sp³-hybridized carbons (Fsp3) is 0.845. The van der Waals surface area contributed by atoms with Crippen molar-refractivity contribution in [2.45, 2.75) is 371 Å². The fourth-order valence-electron chi connectivity index (χ4n) is 11.0. The molecule has 1 saturated heterocycles. The second-order valence-electron chi connectivity index (χ2n) is 23.9. The Balaban J connectivity index is 2.13. The molecular weight excluding hydrogens is 995 g/mol. The zero-order chi connectivity index (χ0) is 57.9. The highest BCUT2D eigenvalue weighted by molar-refractivity contribution is 5.76. The van der Waals surface area contributed by atoms with Gasteiger partial charge in [-0.2, -0.15) is 0 Å². The lowest BCUT2D eigenvalue weighted by Gasteiger charge is -2.40. The fourth-order valence-corrected chi connectivity index (χ4v) is 11.0. The summed E-state index contributed by atoms with van der Waals surface area (Å²) in [5, 5.41) is 54.8. The van der Waals surface area contributed by atoms with E-state index in [2.05, 4.69) is 67.8 Å². The summed E-state index contributed by atoms with van der Waals surface area (Å²) in [4.78, 5) is 13.1. The molecule has 0 aromatic carbocycles. The highest BCUT2D eigenvalue weighted by Gasteiger charge is 2.44. The molecule has 1 aliphatic heterocycles. The number of carbonyl (C=O) groups is 1. The Kier molecular flexibility index (Phi) is 57.0.